The molecule has 84 valence electrons. The van der Waals surface area contributed by atoms with Crippen LogP contribution < -0.4 is 0 Å². The van der Waals surface area contributed by atoms with E-state index >= 15 is 0 Å². The van der Waals surface area contributed by atoms with Crippen molar-refractivity contribution in [2.75, 3.05) is 0 Å². The number of nitrogens with zero attached hydrogens (tertiary/aromatic N) is 2. The van der Waals surface area contributed by atoms with Crippen LogP contribution in [0.3, 0.4) is 0 Å². The molecule has 1 aromatic carbocycles. The minimum Gasteiger partial charge on any atom is -0.386 e. The van der Waals surface area contributed by atoms with Crippen LogP contribution in [-0.4, -0.2) is 14.7 Å². The monoisotopic (exact) mass is 254 g/mol. The first-order chi connectivity index (χ1) is 7.66. The number of halogens is 1. The van der Waals surface area contributed by atoms with Gasteiger partial charge in [0.1, 0.15) is 11.8 Å². The highest BCUT2D eigenvalue weighted by Crippen LogP contribution is 2.23. The van der Waals surface area contributed by atoms with Crippen molar-refractivity contribution in [3.05, 3.63) is 45.4 Å². The molecule has 1 atom stereocenters. The van der Waals surface area contributed by atoms with Crippen LogP contribution in [0.4, 0.5) is 0 Å². The number of aryl methyl sites for hydroxylation is 1. The van der Waals surface area contributed by atoms with Crippen LogP contribution in [-0.2, 0) is 6.42 Å². The van der Waals surface area contributed by atoms with E-state index in [9.17, 15) is 5.11 Å². The fourth-order valence-electron chi connectivity index (χ4n) is 1.45. The number of hydrogen-bond acceptors (Lipinski definition) is 4. The topological polar surface area (TPSA) is 46.0 Å². The van der Waals surface area contributed by atoms with E-state index in [1.165, 1.54) is 11.5 Å². The molecule has 1 heterocycles. The van der Waals surface area contributed by atoms with Crippen molar-refractivity contribution in [1.82, 2.24) is 9.59 Å². The molecule has 16 heavy (non-hydrogen) atoms. The molecule has 5 heteroatoms. The molecule has 0 aliphatic carbocycles. The fraction of sp³-hybridized carbons (Fsp3) is 0.273. The maximum atomic E-state index is 9.90. The number of rotatable bonds is 3. The lowest BCUT2D eigenvalue weighted by molar-refractivity contribution is 0.173. The van der Waals surface area contributed by atoms with E-state index in [4.69, 9.17) is 11.6 Å². The fourth-order valence-corrected chi connectivity index (χ4v) is 2.26. The van der Waals surface area contributed by atoms with E-state index in [0.29, 0.717) is 17.1 Å². The summed E-state index contributed by atoms with van der Waals surface area (Å²) in [5.41, 5.74) is 2.63. The Bertz CT molecular complexity index is 473. The first-order valence-corrected chi connectivity index (χ1v) is 6.08. The molecule has 0 bridgehead atoms. The molecule has 0 saturated carbocycles. The number of hydrogen-bond donors (Lipinski definition) is 1. The van der Waals surface area contributed by atoms with E-state index in [-0.39, 0.29) is 0 Å². The Balaban J connectivity index is 2.15. The Hall–Kier alpha value is -0.970. The standard InChI is InChI=1S/C11H11ClN2OS/c1-7-2-3-8(9(12)4-7)5-11(15)10-6-16-14-13-10/h2-4,6,11,15H,5H2,1H3. The van der Waals surface area contributed by atoms with Gasteiger partial charge in [0.25, 0.3) is 0 Å². The van der Waals surface area contributed by atoms with Crippen LogP contribution in [0.1, 0.15) is 22.9 Å². The predicted molar refractivity (Wildman–Crippen MR) is 64.8 cm³/mol. The van der Waals surface area contributed by atoms with E-state index in [1.54, 1.807) is 5.38 Å². The summed E-state index contributed by atoms with van der Waals surface area (Å²) in [5.74, 6) is 0. The molecule has 1 unspecified atom stereocenters. The van der Waals surface area contributed by atoms with Gasteiger partial charge in [0, 0.05) is 16.8 Å². The Kier molecular flexibility index (Phi) is 3.53. The Morgan fingerprint density at radius 3 is 2.94 bits per heavy atom. The van der Waals surface area contributed by atoms with Crippen LogP contribution >= 0.6 is 23.1 Å². The van der Waals surface area contributed by atoms with Crippen molar-refractivity contribution in [2.45, 2.75) is 19.4 Å². The molecule has 0 radical (unpaired) electrons. The second kappa shape index (κ2) is 4.91. The average molecular weight is 255 g/mol. The third kappa shape index (κ3) is 2.58. The van der Waals surface area contributed by atoms with Gasteiger partial charge < -0.3 is 5.11 Å². The second-order valence-electron chi connectivity index (χ2n) is 3.64. The number of aliphatic hydroxyl groups excluding tert-OH is 1. The van der Waals surface area contributed by atoms with Crippen LogP contribution in [0.25, 0.3) is 0 Å². The lowest BCUT2D eigenvalue weighted by Gasteiger charge is -2.09. The Morgan fingerprint density at radius 2 is 2.31 bits per heavy atom. The quantitative estimate of drug-likeness (QED) is 0.916. The van der Waals surface area contributed by atoms with Crippen molar-refractivity contribution >= 4 is 23.1 Å². The molecule has 0 amide bonds. The van der Waals surface area contributed by atoms with Crippen molar-refractivity contribution in [1.29, 1.82) is 0 Å². The average Bonchev–Trinajstić information content (AvgIpc) is 2.75. The molecule has 0 spiro atoms. The van der Waals surface area contributed by atoms with Crippen molar-refractivity contribution in [3.63, 3.8) is 0 Å². The van der Waals surface area contributed by atoms with Gasteiger partial charge in [-0.25, -0.2) is 0 Å². The van der Waals surface area contributed by atoms with Gasteiger partial charge in [-0.05, 0) is 35.6 Å². The van der Waals surface area contributed by atoms with Gasteiger partial charge in [-0.2, -0.15) is 0 Å². The Labute approximate surface area is 103 Å². The van der Waals surface area contributed by atoms with Crippen molar-refractivity contribution < 1.29 is 5.11 Å². The smallest absolute Gasteiger partial charge is 0.104 e. The van der Waals surface area contributed by atoms with E-state index in [0.717, 1.165) is 11.1 Å². The number of benzene rings is 1. The molecule has 0 fully saturated rings. The highest BCUT2D eigenvalue weighted by molar-refractivity contribution is 7.03. The van der Waals surface area contributed by atoms with Gasteiger partial charge in [0.2, 0.25) is 0 Å². The van der Waals surface area contributed by atoms with E-state index in [2.05, 4.69) is 9.59 Å². The minimum atomic E-state index is -0.640. The summed E-state index contributed by atoms with van der Waals surface area (Å²) in [6.07, 6.45) is -0.177. The van der Waals surface area contributed by atoms with Gasteiger partial charge in [0.15, 0.2) is 0 Å². The SMILES string of the molecule is Cc1ccc(CC(O)c2csnn2)c(Cl)c1. The molecule has 1 N–H and O–H groups in total. The summed E-state index contributed by atoms with van der Waals surface area (Å²) < 4.78 is 3.72. The number of aliphatic hydroxyl groups is 1. The highest BCUT2D eigenvalue weighted by atomic mass is 35.5. The van der Waals surface area contributed by atoms with E-state index in [1.807, 2.05) is 25.1 Å². The van der Waals surface area contributed by atoms with Crippen molar-refractivity contribution in [3.8, 4) is 0 Å². The molecule has 0 saturated heterocycles. The molecule has 1 aromatic heterocycles. The normalized spacial score (nSPS) is 12.7. The third-order valence-corrected chi connectivity index (χ3v) is 3.21. The summed E-state index contributed by atoms with van der Waals surface area (Å²) >= 11 is 7.32. The highest BCUT2D eigenvalue weighted by Gasteiger charge is 2.13. The first kappa shape index (κ1) is 11.5. The molecular weight excluding hydrogens is 244 g/mol. The van der Waals surface area contributed by atoms with Crippen LogP contribution in [0, 0.1) is 6.92 Å². The molecule has 2 aromatic rings. The molecule has 0 aliphatic heterocycles. The van der Waals surface area contributed by atoms with Crippen LogP contribution in [0.15, 0.2) is 23.6 Å². The molecular formula is C11H11ClN2OS. The Morgan fingerprint density at radius 1 is 1.50 bits per heavy atom. The van der Waals surface area contributed by atoms with Crippen LogP contribution in [0.2, 0.25) is 5.02 Å². The predicted octanol–water partition coefficient (Wildman–Crippen LogP) is 2.78. The zero-order valence-electron chi connectivity index (χ0n) is 8.72. The van der Waals surface area contributed by atoms with Gasteiger partial charge in [-0.1, -0.05) is 28.2 Å². The molecule has 2 rings (SSSR count). The lowest BCUT2D eigenvalue weighted by Crippen LogP contribution is -2.03. The first-order valence-electron chi connectivity index (χ1n) is 4.87. The van der Waals surface area contributed by atoms with Crippen molar-refractivity contribution in [2.24, 2.45) is 0 Å². The van der Waals surface area contributed by atoms with Gasteiger partial charge in [-0.15, -0.1) is 5.10 Å². The number of aromatic nitrogens is 2. The summed E-state index contributed by atoms with van der Waals surface area (Å²) in [5, 5.41) is 16.2. The summed E-state index contributed by atoms with van der Waals surface area (Å²) in [6.45, 7) is 1.98. The zero-order chi connectivity index (χ0) is 11.5. The third-order valence-electron chi connectivity index (χ3n) is 2.34. The van der Waals surface area contributed by atoms with Gasteiger partial charge >= 0.3 is 0 Å². The summed E-state index contributed by atoms with van der Waals surface area (Å²) in [6, 6.07) is 5.80. The van der Waals surface area contributed by atoms with E-state index < -0.39 is 6.10 Å². The maximum Gasteiger partial charge on any atom is 0.104 e. The largest absolute Gasteiger partial charge is 0.386 e. The molecule has 0 aliphatic rings. The minimum absolute atomic E-state index is 0.463. The second-order valence-corrected chi connectivity index (χ2v) is 4.66. The summed E-state index contributed by atoms with van der Waals surface area (Å²) in [7, 11) is 0. The summed E-state index contributed by atoms with van der Waals surface area (Å²) in [4.78, 5) is 0. The lowest BCUT2D eigenvalue weighted by atomic mass is 10.0. The maximum absolute atomic E-state index is 9.90. The van der Waals surface area contributed by atoms with Gasteiger partial charge in [0.05, 0.1) is 0 Å². The van der Waals surface area contributed by atoms with Gasteiger partial charge in [-0.3, -0.25) is 0 Å². The van der Waals surface area contributed by atoms with Crippen LogP contribution in [0.5, 0.6) is 0 Å². The zero-order valence-corrected chi connectivity index (χ0v) is 10.3. The molecule has 3 nitrogen and oxygen atoms in total.